The van der Waals surface area contributed by atoms with E-state index in [1.165, 1.54) is 24.2 Å². The van der Waals surface area contributed by atoms with Gasteiger partial charge >= 0.3 is 5.97 Å². The van der Waals surface area contributed by atoms with Gasteiger partial charge in [-0.2, -0.15) is 11.8 Å². The molecule has 1 saturated carbocycles. The topological polar surface area (TPSA) is 57.5 Å². The van der Waals surface area contributed by atoms with E-state index in [9.17, 15) is 9.90 Å². The molecule has 0 aromatic heterocycles. The maximum absolute atomic E-state index is 10.9. The van der Waals surface area contributed by atoms with Crippen molar-refractivity contribution in [3.8, 4) is 5.75 Å². The molecule has 1 aromatic rings. The molecule has 1 aromatic carbocycles. The Morgan fingerprint density at radius 1 is 1.00 bits per heavy atom. The molecule has 0 radical (unpaired) electrons. The lowest BCUT2D eigenvalue weighted by molar-refractivity contribution is -0.137. The van der Waals surface area contributed by atoms with E-state index in [-0.39, 0.29) is 17.3 Å². The zero-order chi connectivity index (χ0) is 21.8. The maximum Gasteiger partial charge on any atom is 0.303 e. The molecule has 0 bridgehead atoms. The summed E-state index contributed by atoms with van der Waals surface area (Å²) in [4.78, 5) is 11.9. The van der Waals surface area contributed by atoms with Crippen LogP contribution in [0.3, 0.4) is 0 Å². The molecule has 2 rings (SSSR count). The molecule has 164 valence electrons. The standard InChI is InChI=1S/C24H38O3S2/c1-23(2,3)17-14-16(15-18(22(17)27)24(4,5)6)29-20-11-9-10-19(20)28-13-8-7-12-21(25)26/h14-15,19-20,27H,7-13H2,1-6H3,(H,25,26)/t19-,20-/m0/s1. The number of thioether (sulfide) groups is 2. The van der Waals surface area contributed by atoms with E-state index in [4.69, 9.17) is 5.11 Å². The second-order valence-corrected chi connectivity index (χ2v) is 12.9. The number of carbonyl (C=O) groups is 1. The Labute approximate surface area is 185 Å². The molecule has 5 heteroatoms. The molecule has 2 atom stereocenters. The predicted octanol–water partition coefficient (Wildman–Crippen LogP) is 6.99. The van der Waals surface area contributed by atoms with Crippen LogP contribution in [-0.4, -0.2) is 32.4 Å². The fourth-order valence-electron chi connectivity index (χ4n) is 3.82. The fraction of sp³-hybridized carbons (Fsp3) is 0.708. The average molecular weight is 439 g/mol. The summed E-state index contributed by atoms with van der Waals surface area (Å²) in [7, 11) is 0. The van der Waals surface area contributed by atoms with Crippen molar-refractivity contribution in [2.24, 2.45) is 0 Å². The van der Waals surface area contributed by atoms with Gasteiger partial charge in [-0.25, -0.2) is 0 Å². The molecule has 0 amide bonds. The summed E-state index contributed by atoms with van der Waals surface area (Å²) < 4.78 is 0. The van der Waals surface area contributed by atoms with Crippen LogP contribution in [0.15, 0.2) is 17.0 Å². The van der Waals surface area contributed by atoms with Crippen molar-refractivity contribution >= 4 is 29.5 Å². The summed E-state index contributed by atoms with van der Waals surface area (Å²) in [6, 6.07) is 4.39. The first-order chi connectivity index (χ1) is 13.4. The molecule has 0 unspecified atom stereocenters. The van der Waals surface area contributed by atoms with Crippen LogP contribution in [-0.2, 0) is 15.6 Å². The lowest BCUT2D eigenvalue weighted by Crippen LogP contribution is -2.18. The monoisotopic (exact) mass is 438 g/mol. The number of aromatic hydroxyl groups is 1. The maximum atomic E-state index is 10.9. The van der Waals surface area contributed by atoms with Crippen molar-refractivity contribution in [3.05, 3.63) is 23.3 Å². The smallest absolute Gasteiger partial charge is 0.303 e. The predicted molar refractivity (Wildman–Crippen MR) is 127 cm³/mol. The Bertz CT molecular complexity index is 666. The first kappa shape index (κ1) is 24.5. The van der Waals surface area contributed by atoms with Gasteiger partial charge in [0.25, 0.3) is 0 Å². The second-order valence-electron chi connectivity index (χ2n) is 10.2. The summed E-state index contributed by atoms with van der Waals surface area (Å²) in [6.07, 6.45) is 5.77. The minimum absolute atomic E-state index is 0.103. The molecule has 1 aliphatic carbocycles. The number of phenols is 1. The summed E-state index contributed by atoms with van der Waals surface area (Å²) >= 11 is 3.99. The Hall–Kier alpha value is -0.810. The Morgan fingerprint density at radius 3 is 2.07 bits per heavy atom. The van der Waals surface area contributed by atoms with E-state index in [1.54, 1.807) is 0 Å². The number of unbranched alkanes of at least 4 members (excludes halogenated alkanes) is 1. The van der Waals surface area contributed by atoms with Crippen LogP contribution in [0.4, 0.5) is 0 Å². The van der Waals surface area contributed by atoms with Crippen molar-refractivity contribution in [1.82, 2.24) is 0 Å². The number of aliphatic carboxylic acids is 1. The normalized spacial score (nSPS) is 20.2. The molecule has 0 heterocycles. The largest absolute Gasteiger partial charge is 0.507 e. The third-order valence-electron chi connectivity index (χ3n) is 5.50. The van der Waals surface area contributed by atoms with E-state index in [0.717, 1.165) is 29.7 Å². The molecule has 2 N–H and O–H groups in total. The highest BCUT2D eigenvalue weighted by Crippen LogP contribution is 2.46. The van der Waals surface area contributed by atoms with Gasteiger partial charge in [-0.1, -0.05) is 48.0 Å². The van der Waals surface area contributed by atoms with E-state index in [0.29, 0.717) is 16.2 Å². The Balaban J connectivity index is 2.12. The minimum atomic E-state index is -0.694. The number of carboxylic acids is 1. The third kappa shape index (κ3) is 7.13. The summed E-state index contributed by atoms with van der Waals surface area (Å²) in [5.41, 5.74) is 1.86. The highest BCUT2D eigenvalue weighted by molar-refractivity contribution is 8.03. The number of phenolic OH excluding ortho intramolecular Hbond substituents is 1. The van der Waals surface area contributed by atoms with Crippen molar-refractivity contribution in [2.45, 2.75) is 106 Å². The molecule has 0 spiro atoms. The highest BCUT2D eigenvalue weighted by atomic mass is 32.2. The Morgan fingerprint density at radius 2 is 1.55 bits per heavy atom. The highest BCUT2D eigenvalue weighted by Gasteiger charge is 2.31. The summed E-state index contributed by atoms with van der Waals surface area (Å²) in [5, 5.41) is 21.0. The SMILES string of the molecule is CC(C)(C)c1cc(S[C@H]2CCC[C@@H]2SCCCCC(=O)O)cc(C(C)(C)C)c1O. The molecule has 1 aliphatic rings. The van der Waals surface area contributed by atoms with Gasteiger partial charge in [0.2, 0.25) is 0 Å². The van der Waals surface area contributed by atoms with Crippen LogP contribution in [0.25, 0.3) is 0 Å². The lowest BCUT2D eigenvalue weighted by Gasteiger charge is -2.29. The van der Waals surface area contributed by atoms with E-state index < -0.39 is 5.97 Å². The third-order valence-corrected chi connectivity index (χ3v) is 8.56. The number of carboxylic acid groups (broad SMARTS) is 1. The first-order valence-corrected chi connectivity index (χ1v) is 12.7. The average Bonchev–Trinajstić information content (AvgIpc) is 3.00. The number of hydrogen-bond donors (Lipinski definition) is 2. The quantitative estimate of drug-likeness (QED) is 0.428. The van der Waals surface area contributed by atoms with Crippen LogP contribution in [0, 0.1) is 0 Å². The van der Waals surface area contributed by atoms with Crippen molar-refractivity contribution in [2.75, 3.05) is 5.75 Å². The molecule has 3 nitrogen and oxygen atoms in total. The van der Waals surface area contributed by atoms with Gasteiger partial charge in [0.05, 0.1) is 0 Å². The van der Waals surface area contributed by atoms with Gasteiger partial charge in [-0.05, 0) is 54.4 Å². The Kier molecular flexibility index (Phi) is 8.43. The summed E-state index contributed by atoms with van der Waals surface area (Å²) in [5.74, 6) is 0.802. The second kappa shape index (κ2) is 10.00. The van der Waals surface area contributed by atoms with Gasteiger partial charge in [-0.3, -0.25) is 4.79 Å². The van der Waals surface area contributed by atoms with Crippen molar-refractivity contribution in [1.29, 1.82) is 0 Å². The molecular formula is C24H38O3S2. The van der Waals surface area contributed by atoms with Gasteiger partial charge < -0.3 is 10.2 Å². The number of rotatable bonds is 8. The van der Waals surface area contributed by atoms with Gasteiger partial charge in [0.1, 0.15) is 5.75 Å². The fourth-order valence-corrected chi connectivity index (χ4v) is 6.88. The zero-order valence-corrected chi connectivity index (χ0v) is 20.5. The van der Waals surface area contributed by atoms with E-state index in [2.05, 4.69) is 53.7 Å². The van der Waals surface area contributed by atoms with Crippen LogP contribution in [0.2, 0.25) is 0 Å². The van der Waals surface area contributed by atoms with Crippen LogP contribution in [0.1, 0.15) is 91.2 Å². The van der Waals surface area contributed by atoms with Gasteiger partial charge in [-0.15, -0.1) is 11.8 Å². The molecule has 1 fully saturated rings. The zero-order valence-electron chi connectivity index (χ0n) is 18.9. The first-order valence-electron chi connectivity index (χ1n) is 10.8. The number of hydrogen-bond acceptors (Lipinski definition) is 4. The lowest BCUT2D eigenvalue weighted by atomic mass is 9.79. The van der Waals surface area contributed by atoms with Crippen molar-refractivity contribution < 1.29 is 15.0 Å². The van der Waals surface area contributed by atoms with Crippen LogP contribution < -0.4 is 0 Å². The minimum Gasteiger partial charge on any atom is -0.507 e. The molecular weight excluding hydrogens is 400 g/mol. The molecule has 0 saturated heterocycles. The molecule has 0 aliphatic heterocycles. The van der Waals surface area contributed by atoms with E-state index in [1.807, 2.05) is 23.5 Å². The molecule has 29 heavy (non-hydrogen) atoms. The van der Waals surface area contributed by atoms with Crippen molar-refractivity contribution in [3.63, 3.8) is 0 Å². The van der Waals surface area contributed by atoms with Crippen LogP contribution in [0.5, 0.6) is 5.75 Å². The van der Waals surface area contributed by atoms with E-state index >= 15 is 0 Å². The summed E-state index contributed by atoms with van der Waals surface area (Å²) in [6.45, 7) is 13.0. The number of benzene rings is 1. The van der Waals surface area contributed by atoms with Gasteiger partial charge in [0.15, 0.2) is 0 Å². The van der Waals surface area contributed by atoms with Gasteiger partial charge in [0, 0.05) is 32.9 Å². The van der Waals surface area contributed by atoms with Crippen LogP contribution >= 0.6 is 23.5 Å².